The molecule has 0 heterocycles. The molecule has 2 rings (SSSR count). The number of benzene rings is 2. The minimum Gasteiger partial charge on any atom is -0.508 e. The van der Waals surface area contributed by atoms with Crippen LogP contribution in [0.2, 0.25) is 0 Å². The predicted molar refractivity (Wildman–Crippen MR) is 66.0 cm³/mol. The molecule has 0 aliphatic carbocycles. The van der Waals surface area contributed by atoms with Crippen molar-refractivity contribution >= 4 is 5.78 Å². The van der Waals surface area contributed by atoms with Crippen molar-refractivity contribution in [2.75, 3.05) is 0 Å². The predicted octanol–water partition coefficient (Wildman–Crippen LogP) is 2.34. The summed E-state index contributed by atoms with van der Waals surface area (Å²) in [5.41, 5.74) is 1.06. The van der Waals surface area contributed by atoms with Crippen LogP contribution in [0.1, 0.15) is 21.5 Å². The van der Waals surface area contributed by atoms with E-state index in [0.717, 1.165) is 17.7 Å². The number of hydrogen-bond acceptors (Lipinski definition) is 4. The van der Waals surface area contributed by atoms with Crippen LogP contribution in [0.4, 0.5) is 0 Å². The largest absolute Gasteiger partial charge is 0.508 e. The minimum absolute atomic E-state index is 0.210. The van der Waals surface area contributed by atoms with Crippen LogP contribution in [-0.4, -0.2) is 21.1 Å². The van der Waals surface area contributed by atoms with E-state index in [1.54, 1.807) is 18.2 Å². The lowest BCUT2D eigenvalue weighted by Crippen LogP contribution is -2.02. The summed E-state index contributed by atoms with van der Waals surface area (Å²) in [4.78, 5) is 12.1. The Kier molecular flexibility index (Phi) is 2.93. The topological polar surface area (TPSA) is 77.8 Å². The average Bonchev–Trinajstić information content (AvgIpc) is 2.27. The molecule has 3 N–H and O–H groups in total. The Hall–Kier alpha value is -2.49. The summed E-state index contributed by atoms with van der Waals surface area (Å²) in [5, 5.41) is 28.4. The molecule has 0 aromatic heterocycles. The van der Waals surface area contributed by atoms with E-state index in [2.05, 4.69) is 0 Å². The van der Waals surface area contributed by atoms with Gasteiger partial charge in [-0.25, -0.2) is 0 Å². The number of carbonyl (C=O) groups excluding carboxylic acids is 1. The van der Waals surface area contributed by atoms with Crippen LogP contribution in [0.25, 0.3) is 0 Å². The normalized spacial score (nSPS) is 10.3. The van der Waals surface area contributed by atoms with Crippen molar-refractivity contribution in [3.63, 3.8) is 0 Å². The van der Waals surface area contributed by atoms with E-state index in [1.165, 1.54) is 0 Å². The zero-order valence-corrected chi connectivity index (χ0v) is 9.71. The number of aryl methyl sites for hydroxylation is 1. The van der Waals surface area contributed by atoms with E-state index in [0.29, 0.717) is 5.56 Å². The fourth-order valence-corrected chi connectivity index (χ4v) is 1.76. The molecule has 0 radical (unpaired) electrons. The fraction of sp³-hybridized carbons (Fsp3) is 0.0714. The fourth-order valence-electron chi connectivity index (χ4n) is 1.76. The molecule has 0 saturated heterocycles. The molecule has 0 aliphatic heterocycles. The Morgan fingerprint density at radius 3 is 2.17 bits per heavy atom. The molecule has 0 atom stereocenters. The number of carbonyl (C=O) groups is 1. The van der Waals surface area contributed by atoms with Crippen molar-refractivity contribution in [3.8, 4) is 17.2 Å². The van der Waals surface area contributed by atoms with Gasteiger partial charge in [0.05, 0.1) is 0 Å². The first-order valence-electron chi connectivity index (χ1n) is 5.35. The summed E-state index contributed by atoms with van der Waals surface area (Å²) in [5.74, 6) is -1.68. The second-order valence-corrected chi connectivity index (χ2v) is 4.06. The van der Waals surface area contributed by atoms with E-state index < -0.39 is 17.3 Å². The van der Waals surface area contributed by atoms with Gasteiger partial charge in [-0.1, -0.05) is 23.8 Å². The molecule has 0 unspecified atom stereocenters. The van der Waals surface area contributed by atoms with E-state index in [-0.39, 0.29) is 11.3 Å². The molecule has 2 aromatic rings. The molecule has 92 valence electrons. The third kappa shape index (κ3) is 2.13. The maximum atomic E-state index is 12.1. The maximum Gasteiger partial charge on any atom is 0.200 e. The Morgan fingerprint density at radius 1 is 1.00 bits per heavy atom. The molecular weight excluding hydrogens is 232 g/mol. The van der Waals surface area contributed by atoms with Crippen LogP contribution in [0.15, 0.2) is 36.4 Å². The summed E-state index contributed by atoms with van der Waals surface area (Å²) in [6.07, 6.45) is 0. The number of hydrogen-bond donors (Lipinski definition) is 3. The van der Waals surface area contributed by atoms with E-state index in [9.17, 15) is 20.1 Å². The first-order valence-corrected chi connectivity index (χ1v) is 5.35. The maximum absolute atomic E-state index is 12.1. The first kappa shape index (κ1) is 12.0. The van der Waals surface area contributed by atoms with Gasteiger partial charge in [-0.05, 0) is 13.0 Å². The Labute approximate surface area is 104 Å². The smallest absolute Gasteiger partial charge is 0.200 e. The van der Waals surface area contributed by atoms with Crippen LogP contribution < -0.4 is 0 Å². The molecule has 0 bridgehead atoms. The van der Waals surface area contributed by atoms with Gasteiger partial charge in [-0.3, -0.25) is 4.79 Å². The second kappa shape index (κ2) is 4.41. The molecule has 0 aliphatic rings. The van der Waals surface area contributed by atoms with Gasteiger partial charge in [0.25, 0.3) is 0 Å². The van der Waals surface area contributed by atoms with Crippen molar-refractivity contribution in [1.29, 1.82) is 0 Å². The number of phenolic OH excluding ortho intramolecular Hbond substituents is 3. The van der Waals surface area contributed by atoms with Crippen molar-refractivity contribution in [3.05, 3.63) is 53.1 Å². The molecule has 4 nitrogen and oxygen atoms in total. The highest BCUT2D eigenvalue weighted by Gasteiger charge is 2.19. The summed E-state index contributed by atoms with van der Waals surface area (Å²) < 4.78 is 0. The SMILES string of the molecule is Cc1cccc(C(=O)c2c(O)cc(O)cc2O)c1. The van der Waals surface area contributed by atoms with Crippen molar-refractivity contribution in [2.24, 2.45) is 0 Å². The lowest BCUT2D eigenvalue weighted by atomic mass is 10.00. The molecule has 4 heteroatoms. The standard InChI is InChI=1S/C14H12O4/c1-8-3-2-4-9(5-8)14(18)13-11(16)6-10(15)7-12(13)17/h2-7,15-17H,1H3. The van der Waals surface area contributed by atoms with Gasteiger partial charge < -0.3 is 15.3 Å². The lowest BCUT2D eigenvalue weighted by molar-refractivity contribution is 0.103. The van der Waals surface area contributed by atoms with Crippen molar-refractivity contribution in [2.45, 2.75) is 6.92 Å². The van der Waals surface area contributed by atoms with Gasteiger partial charge in [0.1, 0.15) is 22.8 Å². The van der Waals surface area contributed by atoms with Gasteiger partial charge >= 0.3 is 0 Å². The van der Waals surface area contributed by atoms with E-state index >= 15 is 0 Å². The molecule has 0 fully saturated rings. The molecule has 0 spiro atoms. The lowest BCUT2D eigenvalue weighted by Gasteiger charge is -2.07. The Balaban J connectivity index is 2.53. The van der Waals surface area contributed by atoms with E-state index in [1.807, 2.05) is 13.0 Å². The van der Waals surface area contributed by atoms with Crippen LogP contribution in [0.5, 0.6) is 17.2 Å². The quantitative estimate of drug-likeness (QED) is 0.708. The van der Waals surface area contributed by atoms with Gasteiger partial charge in [0.2, 0.25) is 5.78 Å². The van der Waals surface area contributed by atoms with Gasteiger partial charge in [0, 0.05) is 17.7 Å². The molecule has 0 saturated carbocycles. The summed E-state index contributed by atoms with van der Waals surface area (Å²) in [6, 6.07) is 8.85. The second-order valence-electron chi connectivity index (χ2n) is 4.06. The van der Waals surface area contributed by atoms with Crippen molar-refractivity contribution < 1.29 is 20.1 Å². The highest BCUT2D eigenvalue weighted by molar-refractivity contribution is 6.12. The highest BCUT2D eigenvalue weighted by atomic mass is 16.3. The number of aromatic hydroxyl groups is 3. The Bertz CT molecular complexity index is 594. The van der Waals surface area contributed by atoms with Crippen LogP contribution >= 0.6 is 0 Å². The molecule has 0 amide bonds. The van der Waals surface area contributed by atoms with E-state index in [4.69, 9.17) is 0 Å². The van der Waals surface area contributed by atoms with Gasteiger partial charge in [-0.15, -0.1) is 0 Å². The number of rotatable bonds is 2. The summed E-state index contributed by atoms with van der Waals surface area (Å²) in [7, 11) is 0. The molecule has 2 aromatic carbocycles. The zero-order valence-electron chi connectivity index (χ0n) is 9.71. The third-order valence-corrected chi connectivity index (χ3v) is 2.59. The monoisotopic (exact) mass is 244 g/mol. The van der Waals surface area contributed by atoms with Crippen LogP contribution in [0.3, 0.4) is 0 Å². The number of ketones is 1. The van der Waals surface area contributed by atoms with Gasteiger partial charge in [0.15, 0.2) is 0 Å². The van der Waals surface area contributed by atoms with Crippen LogP contribution in [-0.2, 0) is 0 Å². The Morgan fingerprint density at radius 2 is 1.61 bits per heavy atom. The minimum atomic E-state index is -0.492. The highest BCUT2D eigenvalue weighted by Crippen LogP contribution is 2.33. The first-order chi connectivity index (χ1) is 8.49. The zero-order chi connectivity index (χ0) is 13.3. The van der Waals surface area contributed by atoms with Crippen molar-refractivity contribution in [1.82, 2.24) is 0 Å². The average molecular weight is 244 g/mol. The third-order valence-electron chi connectivity index (χ3n) is 2.59. The molecule has 18 heavy (non-hydrogen) atoms. The number of phenols is 3. The van der Waals surface area contributed by atoms with Gasteiger partial charge in [-0.2, -0.15) is 0 Å². The summed E-state index contributed by atoms with van der Waals surface area (Å²) >= 11 is 0. The summed E-state index contributed by atoms with van der Waals surface area (Å²) in [6.45, 7) is 1.84. The molecular formula is C14H12O4. The van der Waals surface area contributed by atoms with Crippen LogP contribution in [0, 0.1) is 6.92 Å².